The first kappa shape index (κ1) is 15.4. The average Bonchev–Trinajstić information content (AvgIpc) is 2.77. The molecule has 1 amide bonds. The Morgan fingerprint density at radius 1 is 1.45 bits per heavy atom. The van der Waals surface area contributed by atoms with Crippen LogP contribution in [0.3, 0.4) is 0 Å². The molecule has 1 heterocycles. The van der Waals surface area contributed by atoms with Gasteiger partial charge in [-0.15, -0.1) is 0 Å². The van der Waals surface area contributed by atoms with Crippen LogP contribution in [0.4, 0.5) is 5.69 Å². The monoisotopic (exact) mass is 301 g/mol. The minimum atomic E-state index is -0.482. The molecule has 0 aliphatic heterocycles. The number of hydrogen-bond acceptors (Lipinski definition) is 5. The van der Waals surface area contributed by atoms with E-state index in [4.69, 9.17) is 0 Å². The van der Waals surface area contributed by atoms with Crippen molar-refractivity contribution < 1.29 is 9.72 Å². The lowest BCUT2D eigenvalue weighted by molar-refractivity contribution is -0.384. The summed E-state index contributed by atoms with van der Waals surface area (Å²) >= 11 is 0. The third-order valence-corrected chi connectivity index (χ3v) is 2.96. The Kier molecular flexibility index (Phi) is 4.62. The second-order valence-electron chi connectivity index (χ2n) is 4.74. The van der Waals surface area contributed by atoms with E-state index in [1.165, 1.54) is 18.3 Å². The lowest BCUT2D eigenvalue weighted by atomic mass is 10.1. The van der Waals surface area contributed by atoms with Crippen molar-refractivity contribution in [1.82, 2.24) is 15.2 Å². The fourth-order valence-corrected chi connectivity index (χ4v) is 1.88. The van der Waals surface area contributed by atoms with E-state index < -0.39 is 4.92 Å². The molecule has 0 aliphatic carbocycles. The number of amides is 1. The summed E-state index contributed by atoms with van der Waals surface area (Å²) in [6.07, 6.45) is 3.42. The summed E-state index contributed by atoms with van der Waals surface area (Å²) in [5, 5.41) is 18.6. The summed E-state index contributed by atoms with van der Waals surface area (Å²) < 4.78 is 1.66. The third kappa shape index (κ3) is 3.98. The summed E-state index contributed by atoms with van der Waals surface area (Å²) in [5.41, 5.74) is 4.72. The van der Waals surface area contributed by atoms with Gasteiger partial charge in [0.25, 0.3) is 5.69 Å². The van der Waals surface area contributed by atoms with Crippen molar-refractivity contribution in [3.8, 4) is 0 Å². The van der Waals surface area contributed by atoms with Gasteiger partial charge in [-0.1, -0.05) is 12.1 Å². The SMILES string of the molecule is Cc1nn(C)cc1/C=N\NC(=O)Cc1ccc([N+](=O)[O-])cc1. The van der Waals surface area contributed by atoms with Gasteiger partial charge in [-0.05, 0) is 12.5 Å². The van der Waals surface area contributed by atoms with Gasteiger partial charge in [0, 0.05) is 30.9 Å². The van der Waals surface area contributed by atoms with Crippen LogP contribution in [0.1, 0.15) is 16.8 Å². The van der Waals surface area contributed by atoms with Gasteiger partial charge in [-0.2, -0.15) is 10.2 Å². The Bertz CT molecular complexity index is 719. The molecule has 0 saturated carbocycles. The molecule has 0 fully saturated rings. The number of nitrogens with one attached hydrogen (secondary N) is 1. The third-order valence-electron chi connectivity index (χ3n) is 2.96. The molecule has 0 radical (unpaired) electrons. The van der Waals surface area contributed by atoms with E-state index in [1.807, 2.05) is 6.92 Å². The normalized spacial score (nSPS) is 10.8. The number of aromatic nitrogens is 2. The zero-order valence-corrected chi connectivity index (χ0v) is 12.2. The molecule has 1 aromatic heterocycles. The maximum atomic E-state index is 11.7. The standard InChI is InChI=1S/C14H15N5O3/c1-10-12(9-18(2)17-10)8-15-16-14(20)7-11-3-5-13(6-4-11)19(21)22/h3-6,8-9H,7H2,1-2H3,(H,16,20)/b15-8-. The maximum Gasteiger partial charge on any atom is 0.269 e. The number of nitrogens with zero attached hydrogens (tertiary/aromatic N) is 4. The van der Waals surface area contributed by atoms with Gasteiger partial charge < -0.3 is 0 Å². The molecular weight excluding hydrogens is 286 g/mol. The number of carbonyl (C=O) groups excluding carboxylic acids is 1. The molecule has 0 aliphatic rings. The molecule has 0 saturated heterocycles. The lowest BCUT2D eigenvalue weighted by Gasteiger charge is -2.00. The summed E-state index contributed by atoms with van der Waals surface area (Å²) in [5.74, 6) is -0.299. The topological polar surface area (TPSA) is 102 Å². The molecule has 1 aromatic carbocycles. The Morgan fingerprint density at radius 3 is 2.68 bits per heavy atom. The van der Waals surface area contributed by atoms with Crippen LogP contribution in [-0.2, 0) is 18.3 Å². The van der Waals surface area contributed by atoms with E-state index >= 15 is 0 Å². The zero-order chi connectivity index (χ0) is 16.1. The van der Waals surface area contributed by atoms with Gasteiger partial charge in [0.05, 0.1) is 23.3 Å². The van der Waals surface area contributed by atoms with E-state index in [0.29, 0.717) is 5.56 Å². The highest BCUT2D eigenvalue weighted by molar-refractivity contribution is 5.83. The first-order chi connectivity index (χ1) is 10.5. The highest BCUT2D eigenvalue weighted by Gasteiger charge is 2.07. The Balaban J connectivity index is 1.90. The van der Waals surface area contributed by atoms with E-state index in [0.717, 1.165) is 11.3 Å². The maximum absolute atomic E-state index is 11.7. The second kappa shape index (κ2) is 6.61. The van der Waals surface area contributed by atoms with Crippen LogP contribution < -0.4 is 5.43 Å². The molecule has 0 atom stereocenters. The quantitative estimate of drug-likeness (QED) is 0.511. The molecule has 8 heteroatoms. The van der Waals surface area contributed by atoms with Crippen LogP contribution in [0.25, 0.3) is 0 Å². The van der Waals surface area contributed by atoms with Gasteiger partial charge in [-0.25, -0.2) is 5.43 Å². The lowest BCUT2D eigenvalue weighted by Crippen LogP contribution is -2.19. The van der Waals surface area contributed by atoms with Crippen LogP contribution in [0, 0.1) is 17.0 Å². The molecule has 2 aromatic rings. The number of hydrazone groups is 1. The first-order valence-electron chi connectivity index (χ1n) is 6.51. The summed E-state index contributed by atoms with van der Waals surface area (Å²) in [6.45, 7) is 1.85. The number of benzene rings is 1. The van der Waals surface area contributed by atoms with Crippen molar-refractivity contribution in [2.45, 2.75) is 13.3 Å². The minimum Gasteiger partial charge on any atom is -0.275 e. The number of non-ortho nitro benzene ring substituents is 1. The Hall–Kier alpha value is -3.03. The molecule has 114 valence electrons. The molecule has 0 spiro atoms. The molecular formula is C14H15N5O3. The Morgan fingerprint density at radius 2 is 2.14 bits per heavy atom. The zero-order valence-electron chi connectivity index (χ0n) is 12.2. The molecule has 0 bridgehead atoms. The van der Waals surface area contributed by atoms with E-state index in [-0.39, 0.29) is 18.0 Å². The highest BCUT2D eigenvalue weighted by Crippen LogP contribution is 2.12. The molecule has 22 heavy (non-hydrogen) atoms. The van der Waals surface area contributed by atoms with Crippen molar-refractivity contribution in [2.75, 3.05) is 0 Å². The molecule has 8 nitrogen and oxygen atoms in total. The fraction of sp³-hybridized carbons (Fsp3) is 0.214. The summed E-state index contributed by atoms with van der Waals surface area (Å²) in [6, 6.07) is 5.83. The number of nitro benzene ring substituents is 1. The average molecular weight is 301 g/mol. The first-order valence-corrected chi connectivity index (χ1v) is 6.51. The van der Waals surface area contributed by atoms with Crippen molar-refractivity contribution in [3.63, 3.8) is 0 Å². The number of rotatable bonds is 5. The van der Waals surface area contributed by atoms with Crippen molar-refractivity contribution >= 4 is 17.8 Å². The molecule has 0 unspecified atom stereocenters. The minimum absolute atomic E-state index is 0.00534. The summed E-state index contributed by atoms with van der Waals surface area (Å²) in [4.78, 5) is 21.8. The smallest absolute Gasteiger partial charge is 0.269 e. The van der Waals surface area contributed by atoms with Crippen molar-refractivity contribution in [2.24, 2.45) is 12.1 Å². The van der Waals surface area contributed by atoms with Gasteiger partial charge >= 0.3 is 0 Å². The highest BCUT2D eigenvalue weighted by atomic mass is 16.6. The van der Waals surface area contributed by atoms with Crippen LogP contribution >= 0.6 is 0 Å². The van der Waals surface area contributed by atoms with Crippen LogP contribution in [0.5, 0.6) is 0 Å². The van der Waals surface area contributed by atoms with Gasteiger partial charge in [-0.3, -0.25) is 19.6 Å². The predicted molar refractivity (Wildman–Crippen MR) is 80.5 cm³/mol. The number of nitro groups is 1. The van der Waals surface area contributed by atoms with E-state index in [9.17, 15) is 14.9 Å². The van der Waals surface area contributed by atoms with Crippen LogP contribution in [0.2, 0.25) is 0 Å². The predicted octanol–water partition coefficient (Wildman–Crippen LogP) is 1.33. The fourth-order valence-electron chi connectivity index (χ4n) is 1.88. The van der Waals surface area contributed by atoms with Gasteiger partial charge in [0.15, 0.2) is 0 Å². The number of aryl methyl sites for hydroxylation is 2. The molecule has 2 rings (SSSR count). The van der Waals surface area contributed by atoms with Gasteiger partial charge in [0.1, 0.15) is 0 Å². The van der Waals surface area contributed by atoms with Crippen LogP contribution in [-0.4, -0.2) is 26.8 Å². The van der Waals surface area contributed by atoms with Crippen molar-refractivity contribution in [1.29, 1.82) is 0 Å². The van der Waals surface area contributed by atoms with Crippen molar-refractivity contribution in [3.05, 3.63) is 57.4 Å². The largest absolute Gasteiger partial charge is 0.275 e. The summed E-state index contributed by atoms with van der Waals surface area (Å²) in [7, 11) is 1.80. The second-order valence-corrected chi connectivity index (χ2v) is 4.74. The number of carbonyl (C=O) groups is 1. The van der Waals surface area contributed by atoms with Gasteiger partial charge in [0.2, 0.25) is 5.91 Å². The van der Waals surface area contributed by atoms with E-state index in [2.05, 4.69) is 15.6 Å². The van der Waals surface area contributed by atoms with Crippen LogP contribution in [0.15, 0.2) is 35.6 Å². The molecule has 1 N–H and O–H groups in total. The van der Waals surface area contributed by atoms with E-state index in [1.54, 1.807) is 30.1 Å². The Labute approximate surface area is 126 Å². The number of hydrogen-bond donors (Lipinski definition) is 1.